The number of carbonyl (C=O) groups is 2. The maximum Gasteiger partial charge on any atom is 0.266 e. The SMILES string of the molecule is N#C/C(=C\c1ccccc1OCC(=O)[O-])C(=O)Nc1c(Cl)cccc1Cl. The fourth-order valence-electron chi connectivity index (χ4n) is 1.97. The number of amides is 1. The number of ether oxygens (including phenoxy) is 1. The van der Waals surface area contributed by atoms with Crippen LogP contribution in [0.2, 0.25) is 10.0 Å². The minimum atomic E-state index is -1.39. The Morgan fingerprint density at radius 2 is 1.81 bits per heavy atom. The highest BCUT2D eigenvalue weighted by molar-refractivity contribution is 6.40. The molecular formula is C18H11Cl2N2O4-. The lowest BCUT2D eigenvalue weighted by Crippen LogP contribution is -2.29. The number of carboxylic acid groups (broad SMARTS) is 1. The van der Waals surface area contributed by atoms with E-state index >= 15 is 0 Å². The van der Waals surface area contributed by atoms with Gasteiger partial charge in [-0.05, 0) is 24.3 Å². The molecule has 0 atom stereocenters. The molecule has 0 saturated carbocycles. The highest BCUT2D eigenvalue weighted by atomic mass is 35.5. The number of halogens is 2. The summed E-state index contributed by atoms with van der Waals surface area (Å²) in [7, 11) is 0. The summed E-state index contributed by atoms with van der Waals surface area (Å²) in [6, 6.07) is 12.8. The lowest BCUT2D eigenvalue weighted by molar-refractivity contribution is -0.307. The monoisotopic (exact) mass is 389 g/mol. The first-order valence-electron chi connectivity index (χ1n) is 7.21. The van der Waals surface area contributed by atoms with E-state index in [1.807, 2.05) is 0 Å². The third kappa shape index (κ3) is 4.99. The Kier molecular flexibility index (Phi) is 6.61. The van der Waals surface area contributed by atoms with Gasteiger partial charge in [-0.3, -0.25) is 4.79 Å². The van der Waals surface area contributed by atoms with Gasteiger partial charge in [0.1, 0.15) is 24.0 Å². The summed E-state index contributed by atoms with van der Waals surface area (Å²) in [5, 5.41) is 22.8. The van der Waals surface area contributed by atoms with Crippen LogP contribution in [-0.4, -0.2) is 18.5 Å². The standard InChI is InChI=1S/C18H12Cl2N2O4/c19-13-5-3-6-14(20)17(13)22-18(25)12(9-21)8-11-4-1-2-7-15(11)26-10-16(23)24/h1-8H,10H2,(H,22,25)(H,23,24)/p-1/b12-8+. The summed E-state index contributed by atoms with van der Waals surface area (Å²) in [5.41, 5.74) is 0.291. The van der Waals surface area contributed by atoms with Gasteiger partial charge in [-0.25, -0.2) is 0 Å². The fourth-order valence-corrected chi connectivity index (χ4v) is 2.46. The van der Waals surface area contributed by atoms with Crippen LogP contribution in [0.25, 0.3) is 6.08 Å². The van der Waals surface area contributed by atoms with Crippen molar-refractivity contribution in [2.75, 3.05) is 11.9 Å². The van der Waals surface area contributed by atoms with E-state index in [1.54, 1.807) is 42.5 Å². The molecule has 0 bridgehead atoms. The Morgan fingerprint density at radius 3 is 2.42 bits per heavy atom. The molecule has 8 heteroatoms. The average molecular weight is 390 g/mol. The molecule has 0 spiro atoms. The van der Waals surface area contributed by atoms with Crippen LogP contribution in [0.15, 0.2) is 48.0 Å². The second kappa shape index (κ2) is 8.90. The van der Waals surface area contributed by atoms with Gasteiger partial charge < -0.3 is 20.0 Å². The first-order valence-corrected chi connectivity index (χ1v) is 7.96. The number of carbonyl (C=O) groups excluding carboxylic acids is 2. The third-order valence-electron chi connectivity index (χ3n) is 3.13. The number of para-hydroxylation sites is 2. The average Bonchev–Trinajstić information content (AvgIpc) is 2.61. The van der Waals surface area contributed by atoms with Gasteiger partial charge in [-0.15, -0.1) is 0 Å². The zero-order chi connectivity index (χ0) is 19.1. The van der Waals surface area contributed by atoms with Crippen molar-refractivity contribution in [3.05, 3.63) is 63.6 Å². The molecule has 1 N–H and O–H groups in total. The van der Waals surface area contributed by atoms with E-state index in [0.29, 0.717) is 5.56 Å². The molecule has 2 rings (SSSR count). The van der Waals surface area contributed by atoms with Crippen LogP contribution in [0, 0.1) is 11.3 Å². The number of aliphatic carboxylic acids is 1. The molecule has 0 aliphatic rings. The van der Waals surface area contributed by atoms with E-state index in [2.05, 4.69) is 5.32 Å². The molecule has 0 radical (unpaired) electrons. The Balaban J connectivity index is 2.29. The maximum atomic E-state index is 12.4. The number of rotatable bonds is 6. The molecule has 0 fully saturated rings. The highest BCUT2D eigenvalue weighted by Gasteiger charge is 2.14. The zero-order valence-electron chi connectivity index (χ0n) is 13.2. The van der Waals surface area contributed by atoms with Crippen molar-refractivity contribution < 1.29 is 19.4 Å². The van der Waals surface area contributed by atoms with Crippen LogP contribution in [0.3, 0.4) is 0 Å². The first-order chi connectivity index (χ1) is 12.4. The van der Waals surface area contributed by atoms with Gasteiger partial charge in [-0.2, -0.15) is 5.26 Å². The Hall–Kier alpha value is -3.01. The van der Waals surface area contributed by atoms with Crippen LogP contribution in [0.5, 0.6) is 5.75 Å². The van der Waals surface area contributed by atoms with Crippen LogP contribution < -0.4 is 15.2 Å². The van der Waals surface area contributed by atoms with Crippen molar-refractivity contribution in [1.82, 2.24) is 0 Å². The Bertz CT molecular complexity index is 899. The van der Waals surface area contributed by atoms with Crippen molar-refractivity contribution in [2.45, 2.75) is 0 Å². The normalized spacial score (nSPS) is 10.7. The molecule has 0 heterocycles. The van der Waals surface area contributed by atoms with Crippen molar-refractivity contribution in [2.24, 2.45) is 0 Å². The molecule has 6 nitrogen and oxygen atoms in total. The van der Waals surface area contributed by atoms with Gasteiger partial charge in [0, 0.05) is 5.56 Å². The number of anilines is 1. The lowest BCUT2D eigenvalue weighted by Gasteiger charge is -2.11. The van der Waals surface area contributed by atoms with Gasteiger partial charge >= 0.3 is 0 Å². The van der Waals surface area contributed by atoms with E-state index in [1.165, 1.54) is 12.1 Å². The van der Waals surface area contributed by atoms with Gasteiger partial charge in [0.2, 0.25) is 0 Å². The largest absolute Gasteiger partial charge is 0.546 e. The molecule has 0 aromatic heterocycles. The summed E-state index contributed by atoms with van der Waals surface area (Å²) in [5.74, 6) is -1.93. The summed E-state index contributed by atoms with van der Waals surface area (Å²) in [4.78, 5) is 22.9. The van der Waals surface area contributed by atoms with Crippen LogP contribution in [-0.2, 0) is 9.59 Å². The molecular weight excluding hydrogens is 379 g/mol. The molecule has 0 aliphatic heterocycles. The molecule has 2 aromatic rings. The highest BCUT2D eigenvalue weighted by Crippen LogP contribution is 2.30. The second-order valence-corrected chi connectivity index (χ2v) is 5.73. The third-order valence-corrected chi connectivity index (χ3v) is 3.76. The van der Waals surface area contributed by atoms with E-state index in [0.717, 1.165) is 0 Å². The summed E-state index contributed by atoms with van der Waals surface area (Å²) in [6.07, 6.45) is 1.27. The number of nitrogens with one attached hydrogen (secondary N) is 1. The van der Waals surface area contributed by atoms with Crippen LogP contribution in [0.1, 0.15) is 5.56 Å². The van der Waals surface area contributed by atoms with E-state index < -0.39 is 18.5 Å². The molecule has 132 valence electrons. The van der Waals surface area contributed by atoms with Crippen molar-refractivity contribution in [3.8, 4) is 11.8 Å². The van der Waals surface area contributed by atoms with Gasteiger partial charge in [0.25, 0.3) is 5.91 Å². The summed E-state index contributed by atoms with van der Waals surface area (Å²) < 4.78 is 5.09. The van der Waals surface area contributed by atoms with Gasteiger partial charge in [-0.1, -0.05) is 47.5 Å². The van der Waals surface area contributed by atoms with Gasteiger partial charge in [0.15, 0.2) is 0 Å². The minimum Gasteiger partial charge on any atom is -0.546 e. The second-order valence-electron chi connectivity index (χ2n) is 4.92. The quantitative estimate of drug-likeness (QED) is 0.604. The van der Waals surface area contributed by atoms with Crippen molar-refractivity contribution in [3.63, 3.8) is 0 Å². The van der Waals surface area contributed by atoms with E-state index in [9.17, 15) is 20.0 Å². The zero-order valence-corrected chi connectivity index (χ0v) is 14.7. The lowest BCUT2D eigenvalue weighted by atomic mass is 10.1. The van der Waals surface area contributed by atoms with Crippen molar-refractivity contribution >= 4 is 46.8 Å². The molecule has 0 unspecified atom stereocenters. The molecule has 2 aromatic carbocycles. The molecule has 26 heavy (non-hydrogen) atoms. The van der Waals surface area contributed by atoms with Gasteiger partial charge in [0.05, 0.1) is 21.7 Å². The maximum absolute atomic E-state index is 12.4. The number of hydrogen-bond donors (Lipinski definition) is 1. The molecule has 0 aliphatic carbocycles. The predicted octanol–water partition coefficient (Wildman–Crippen LogP) is 2.67. The minimum absolute atomic E-state index is 0.184. The Morgan fingerprint density at radius 1 is 1.15 bits per heavy atom. The number of benzene rings is 2. The number of nitrogens with zero attached hydrogens (tertiary/aromatic N) is 1. The topological polar surface area (TPSA) is 102 Å². The molecule has 1 amide bonds. The smallest absolute Gasteiger partial charge is 0.266 e. The van der Waals surface area contributed by atoms with Crippen LogP contribution in [0.4, 0.5) is 5.69 Å². The Labute approximate surface area is 159 Å². The number of hydrogen-bond acceptors (Lipinski definition) is 5. The van der Waals surface area contributed by atoms with E-state index in [-0.39, 0.29) is 27.1 Å². The number of nitriles is 1. The predicted molar refractivity (Wildman–Crippen MR) is 95.6 cm³/mol. The molecule has 0 saturated heterocycles. The fraction of sp³-hybridized carbons (Fsp3) is 0.0556. The first kappa shape index (κ1) is 19.3. The van der Waals surface area contributed by atoms with Crippen molar-refractivity contribution in [1.29, 1.82) is 5.26 Å². The number of carboxylic acids is 1. The van der Waals surface area contributed by atoms with Crippen LogP contribution >= 0.6 is 23.2 Å². The van der Waals surface area contributed by atoms with E-state index in [4.69, 9.17) is 27.9 Å². The summed E-state index contributed by atoms with van der Waals surface area (Å²) in [6.45, 7) is -0.659. The summed E-state index contributed by atoms with van der Waals surface area (Å²) >= 11 is 12.0.